The normalized spacial score (nSPS) is 15.5. The highest BCUT2D eigenvalue weighted by Crippen LogP contribution is 2.63. The van der Waals surface area contributed by atoms with Gasteiger partial charge in [-0.05, 0) is 48.9 Å². The maximum Gasteiger partial charge on any atom is 0.117 e. The van der Waals surface area contributed by atoms with E-state index in [9.17, 15) is 0 Å². The zero-order valence-electron chi connectivity index (χ0n) is 18.0. The lowest BCUT2D eigenvalue weighted by atomic mass is 10.1. The van der Waals surface area contributed by atoms with Crippen LogP contribution in [0.4, 0.5) is 0 Å². The highest BCUT2D eigenvalue weighted by molar-refractivity contribution is 8.41. The summed E-state index contributed by atoms with van der Waals surface area (Å²) >= 11 is 11.1. The van der Waals surface area contributed by atoms with Gasteiger partial charge in [-0.1, -0.05) is 59.2 Å². The fourth-order valence-electron chi connectivity index (χ4n) is 3.50. The van der Waals surface area contributed by atoms with E-state index in [2.05, 4.69) is 34.6 Å². The van der Waals surface area contributed by atoms with E-state index >= 15 is 0 Å². The van der Waals surface area contributed by atoms with E-state index in [0.29, 0.717) is 0 Å². The molecule has 4 nitrogen and oxygen atoms in total. The van der Waals surface area contributed by atoms with Crippen molar-refractivity contribution in [2.75, 3.05) is 12.5 Å². The van der Waals surface area contributed by atoms with E-state index in [-0.39, 0.29) is 0 Å². The van der Waals surface area contributed by atoms with Crippen molar-refractivity contribution in [2.24, 2.45) is 0 Å². The zero-order chi connectivity index (χ0) is 23.1. The van der Waals surface area contributed by atoms with Gasteiger partial charge in [0.1, 0.15) is 11.4 Å². The van der Waals surface area contributed by atoms with Crippen molar-refractivity contribution in [3.63, 3.8) is 0 Å². The van der Waals surface area contributed by atoms with Crippen LogP contribution in [0.15, 0.2) is 87.7 Å². The van der Waals surface area contributed by atoms with Gasteiger partial charge in [-0.2, -0.15) is 0 Å². The topological polar surface area (TPSA) is 51.6 Å². The van der Waals surface area contributed by atoms with E-state index in [0.717, 1.165) is 33.8 Å². The predicted molar refractivity (Wildman–Crippen MR) is 154 cm³/mol. The number of pyridine rings is 2. The van der Waals surface area contributed by atoms with Gasteiger partial charge in [-0.3, -0.25) is 9.97 Å². The third-order valence-electron chi connectivity index (χ3n) is 5.02. The molecule has 168 valence electrons. The molecule has 0 saturated carbocycles. The Morgan fingerprint density at radius 1 is 0.618 bits per heavy atom. The predicted octanol–water partition coefficient (Wildman–Crippen LogP) is 8.41. The SMILES string of the molecule is CSC1=C(SC)SC(=C2Sc3cc4nc(-c5ccccn5)c(-c5ccccn5)nc4cc3S2)S1. The lowest BCUT2D eigenvalue weighted by Crippen LogP contribution is -1.98. The van der Waals surface area contributed by atoms with Gasteiger partial charge in [-0.15, -0.1) is 23.5 Å². The van der Waals surface area contributed by atoms with E-state index in [1.165, 1.54) is 26.7 Å². The Morgan fingerprint density at radius 2 is 1.09 bits per heavy atom. The number of benzene rings is 1. The van der Waals surface area contributed by atoms with Gasteiger partial charge in [0.05, 0.1) is 39.4 Å². The summed E-state index contributed by atoms with van der Waals surface area (Å²) in [6, 6.07) is 16.0. The van der Waals surface area contributed by atoms with E-state index < -0.39 is 0 Å². The van der Waals surface area contributed by atoms with Gasteiger partial charge in [0.15, 0.2) is 0 Å². The molecule has 0 aliphatic carbocycles. The third kappa shape index (κ3) is 4.29. The minimum Gasteiger partial charge on any atom is -0.255 e. The second-order valence-corrected chi connectivity index (χ2v) is 13.9. The number of hydrogen-bond acceptors (Lipinski definition) is 10. The molecule has 3 aromatic heterocycles. The Morgan fingerprint density at radius 3 is 1.50 bits per heavy atom. The number of hydrogen-bond donors (Lipinski definition) is 0. The third-order valence-corrected chi connectivity index (χ3v) is 13.3. The van der Waals surface area contributed by atoms with Gasteiger partial charge < -0.3 is 0 Å². The van der Waals surface area contributed by atoms with E-state index in [1.807, 2.05) is 107 Å². The van der Waals surface area contributed by atoms with Crippen LogP contribution in [0.3, 0.4) is 0 Å². The minimum atomic E-state index is 0.751. The van der Waals surface area contributed by atoms with Gasteiger partial charge in [0, 0.05) is 22.2 Å². The molecule has 34 heavy (non-hydrogen) atoms. The van der Waals surface area contributed by atoms with E-state index in [1.54, 1.807) is 12.4 Å². The second-order valence-electron chi connectivity index (χ2n) is 7.10. The summed E-state index contributed by atoms with van der Waals surface area (Å²) in [4.78, 5) is 21.6. The van der Waals surface area contributed by atoms with Gasteiger partial charge in [0.2, 0.25) is 0 Å². The number of fused-ring (bicyclic) bond motifs is 2. The quantitative estimate of drug-likeness (QED) is 0.246. The molecule has 1 aromatic carbocycles. The highest BCUT2D eigenvalue weighted by Gasteiger charge is 2.29. The first-order chi connectivity index (χ1) is 16.7. The molecule has 2 aliphatic heterocycles. The maximum absolute atomic E-state index is 5.04. The lowest BCUT2D eigenvalue weighted by molar-refractivity contribution is 1.18. The molecule has 0 atom stereocenters. The molecule has 0 bridgehead atoms. The van der Waals surface area contributed by atoms with Crippen molar-refractivity contribution in [1.29, 1.82) is 0 Å². The Labute approximate surface area is 223 Å². The summed E-state index contributed by atoms with van der Waals surface area (Å²) in [6.45, 7) is 0. The van der Waals surface area contributed by atoms with Crippen molar-refractivity contribution in [2.45, 2.75) is 9.79 Å². The fourth-order valence-corrected chi connectivity index (χ4v) is 11.3. The zero-order valence-corrected chi connectivity index (χ0v) is 22.9. The Hall–Kier alpha value is -1.56. The Balaban J connectivity index is 1.45. The lowest BCUT2D eigenvalue weighted by Gasteiger charge is -2.10. The van der Waals surface area contributed by atoms with Crippen molar-refractivity contribution in [1.82, 2.24) is 19.9 Å². The van der Waals surface area contributed by atoms with Crippen LogP contribution in [0.25, 0.3) is 33.8 Å². The van der Waals surface area contributed by atoms with Gasteiger partial charge in [0.25, 0.3) is 0 Å². The minimum absolute atomic E-state index is 0.751. The average molecular weight is 553 g/mol. The summed E-state index contributed by atoms with van der Waals surface area (Å²) in [7, 11) is 0. The Bertz CT molecular complexity index is 1360. The van der Waals surface area contributed by atoms with E-state index in [4.69, 9.17) is 9.97 Å². The van der Waals surface area contributed by atoms with Crippen LogP contribution in [0.5, 0.6) is 0 Å². The van der Waals surface area contributed by atoms with Crippen LogP contribution < -0.4 is 0 Å². The van der Waals surface area contributed by atoms with Crippen LogP contribution in [-0.2, 0) is 0 Å². The monoisotopic (exact) mass is 552 g/mol. The molecule has 0 unspecified atom stereocenters. The maximum atomic E-state index is 5.04. The van der Waals surface area contributed by atoms with Crippen molar-refractivity contribution in [3.05, 3.63) is 77.9 Å². The first-order valence-corrected chi connectivity index (χ1v) is 15.9. The average Bonchev–Trinajstić information content (AvgIpc) is 3.51. The summed E-state index contributed by atoms with van der Waals surface area (Å²) in [5, 5.41) is 0. The van der Waals surface area contributed by atoms with Gasteiger partial charge >= 0.3 is 0 Å². The molecule has 4 aromatic rings. The highest BCUT2D eigenvalue weighted by atomic mass is 32.3. The molecule has 10 heteroatoms. The number of rotatable bonds is 4. The molecule has 0 saturated heterocycles. The smallest absolute Gasteiger partial charge is 0.117 e. The van der Waals surface area contributed by atoms with Gasteiger partial charge in [-0.25, -0.2) is 9.97 Å². The summed E-state index contributed by atoms with van der Waals surface area (Å²) in [5.74, 6) is 0. The molecule has 0 fully saturated rings. The fraction of sp³-hybridized carbons (Fsp3) is 0.0833. The Kier molecular flexibility index (Phi) is 6.61. The number of thioether (sulfide) groups is 6. The molecule has 0 amide bonds. The molecule has 6 rings (SSSR count). The summed E-state index contributed by atoms with van der Waals surface area (Å²) in [6.07, 6.45) is 7.87. The van der Waals surface area contributed by atoms with Crippen molar-refractivity contribution in [3.8, 4) is 22.8 Å². The van der Waals surface area contributed by atoms with Crippen LogP contribution in [0.2, 0.25) is 0 Å². The molecular formula is C24H16N4S6. The molecular weight excluding hydrogens is 537 g/mol. The molecule has 5 heterocycles. The summed E-state index contributed by atoms with van der Waals surface area (Å²) < 4.78 is 5.50. The number of aromatic nitrogens is 4. The van der Waals surface area contributed by atoms with Crippen LogP contribution >= 0.6 is 70.6 Å². The van der Waals surface area contributed by atoms with Crippen LogP contribution in [0.1, 0.15) is 0 Å². The number of nitrogens with zero attached hydrogens (tertiary/aromatic N) is 4. The molecule has 0 radical (unpaired) electrons. The second kappa shape index (κ2) is 9.83. The standard InChI is InChI=1S/C24H16N4S6/c1-29-21-22(30-2)34-24(33-21)23-31-17-11-15-16(12-18(17)32-23)28-20(14-8-4-6-10-26-14)19(27-15)13-7-3-5-9-25-13/h3-12H,1-2H3. The first kappa shape index (κ1) is 22.9. The summed E-state index contributed by atoms with van der Waals surface area (Å²) in [5.41, 5.74) is 4.84. The molecule has 0 N–H and O–H groups in total. The largest absolute Gasteiger partial charge is 0.255 e. The van der Waals surface area contributed by atoms with Crippen LogP contribution in [-0.4, -0.2) is 32.4 Å². The molecule has 0 spiro atoms. The van der Waals surface area contributed by atoms with Crippen molar-refractivity contribution >= 4 is 81.6 Å². The molecule has 2 aliphatic rings. The van der Waals surface area contributed by atoms with Crippen molar-refractivity contribution < 1.29 is 0 Å². The first-order valence-electron chi connectivity index (χ1n) is 10.2. The van der Waals surface area contributed by atoms with Crippen LogP contribution in [0, 0.1) is 0 Å².